The molecule has 0 bridgehead atoms. The van der Waals surface area contributed by atoms with Crippen LogP contribution < -0.4 is 26.2 Å². The van der Waals surface area contributed by atoms with E-state index >= 15 is 0 Å². The summed E-state index contributed by atoms with van der Waals surface area (Å²) in [4.78, 5) is 4.61. The Labute approximate surface area is 321 Å². The van der Waals surface area contributed by atoms with E-state index in [2.05, 4.69) is 147 Å². The van der Waals surface area contributed by atoms with E-state index in [4.69, 9.17) is 0 Å². The number of aromatic nitrogens is 2. The minimum Gasteiger partial charge on any atom is -0.351 e. The third-order valence-corrected chi connectivity index (χ3v) is 12.0. The van der Waals surface area contributed by atoms with Crippen molar-refractivity contribution in [2.75, 3.05) is 9.80 Å². The van der Waals surface area contributed by atoms with E-state index in [9.17, 15) is 8.78 Å². The van der Waals surface area contributed by atoms with Crippen molar-refractivity contribution in [1.82, 2.24) is 9.13 Å². The van der Waals surface area contributed by atoms with Crippen molar-refractivity contribution in [2.45, 2.75) is 0 Å². The molecular weight excluding hydrogens is 693 g/mol. The minimum atomic E-state index is -0.287. The third kappa shape index (κ3) is 4.22. The van der Waals surface area contributed by atoms with Crippen molar-refractivity contribution in [3.8, 4) is 5.69 Å². The van der Waals surface area contributed by atoms with Gasteiger partial charge in [0.1, 0.15) is 11.6 Å². The summed E-state index contributed by atoms with van der Waals surface area (Å²) in [6.45, 7) is -0.156. The number of hydrogen-bond acceptors (Lipinski definition) is 2. The maximum atomic E-state index is 14.8. The molecule has 2 aliphatic rings. The fourth-order valence-corrected chi connectivity index (χ4v) is 9.62. The highest BCUT2D eigenvalue weighted by Gasteiger charge is 2.45. The van der Waals surface area contributed by atoms with Gasteiger partial charge in [-0.05, 0) is 136 Å². The van der Waals surface area contributed by atoms with Crippen LogP contribution in [0.25, 0.3) is 49.2 Å². The molecule has 4 heterocycles. The first-order valence-electron chi connectivity index (χ1n) is 18.9. The van der Waals surface area contributed by atoms with Crippen LogP contribution in [0.2, 0.25) is 0 Å². The minimum absolute atomic E-state index is 0.156. The lowest BCUT2D eigenvalue weighted by Gasteiger charge is -2.44. The molecule has 10 aromatic rings. The molecule has 8 aromatic carbocycles. The molecule has 0 N–H and O–H groups in total. The zero-order valence-electron chi connectivity index (χ0n) is 30.3. The Balaban J connectivity index is 1.28. The smallest absolute Gasteiger partial charge is 0.253 e. The highest BCUT2D eigenvalue weighted by Crippen LogP contribution is 2.48. The van der Waals surface area contributed by atoms with E-state index < -0.39 is 0 Å². The van der Waals surface area contributed by atoms with Crippen LogP contribution >= 0.6 is 0 Å². The fourth-order valence-electron chi connectivity index (χ4n) is 9.62. The van der Waals surface area contributed by atoms with E-state index in [1.54, 1.807) is 12.1 Å². The van der Waals surface area contributed by atoms with E-state index in [-0.39, 0.29) is 18.3 Å². The lowest BCUT2D eigenvalue weighted by Crippen LogP contribution is -2.61. The SMILES string of the molecule is Cn1ccc2c3c(ccc21)N(c1ccc(F)cc1)c1cccc2c1B3c1ccc3c4cc5ccccc5cc4n(-c4ccccc4)c3c1N2c1ccc(F)cc1. The summed E-state index contributed by atoms with van der Waals surface area (Å²) in [6.07, 6.45) is 2.13. The van der Waals surface area contributed by atoms with Gasteiger partial charge in [-0.15, -0.1) is 0 Å². The topological polar surface area (TPSA) is 16.3 Å². The summed E-state index contributed by atoms with van der Waals surface area (Å²) >= 11 is 0. The molecule has 7 heteroatoms. The number of halogens is 2. The molecule has 0 aliphatic carbocycles. The normalized spacial score (nSPS) is 13.2. The maximum absolute atomic E-state index is 14.8. The molecule has 0 amide bonds. The van der Waals surface area contributed by atoms with Crippen LogP contribution in [0.5, 0.6) is 0 Å². The Morgan fingerprint density at radius 1 is 0.464 bits per heavy atom. The van der Waals surface area contributed by atoms with Crippen LogP contribution in [-0.4, -0.2) is 15.8 Å². The van der Waals surface area contributed by atoms with Crippen molar-refractivity contribution in [2.24, 2.45) is 7.05 Å². The molecule has 0 atom stereocenters. The number of benzene rings is 8. The highest BCUT2D eigenvalue weighted by atomic mass is 19.1. The van der Waals surface area contributed by atoms with Crippen LogP contribution in [0.3, 0.4) is 0 Å². The summed E-state index contributed by atoms with van der Waals surface area (Å²) in [5, 5.41) is 5.83. The van der Waals surface area contributed by atoms with E-state index in [0.717, 1.165) is 72.7 Å². The second-order valence-electron chi connectivity index (χ2n) is 14.9. The van der Waals surface area contributed by atoms with Crippen LogP contribution in [0.1, 0.15) is 0 Å². The van der Waals surface area contributed by atoms with Gasteiger partial charge >= 0.3 is 0 Å². The van der Waals surface area contributed by atoms with Gasteiger partial charge in [0.15, 0.2) is 0 Å². The molecule has 56 heavy (non-hydrogen) atoms. The number of anilines is 6. The van der Waals surface area contributed by atoms with Gasteiger partial charge in [0.2, 0.25) is 0 Å². The average Bonchev–Trinajstić information content (AvgIpc) is 3.78. The van der Waals surface area contributed by atoms with Crippen molar-refractivity contribution >= 4 is 101 Å². The average molecular weight is 725 g/mol. The Kier molecular flexibility index (Phi) is 6.39. The summed E-state index contributed by atoms with van der Waals surface area (Å²) in [6, 6.07) is 55.1. The lowest BCUT2D eigenvalue weighted by atomic mass is 9.33. The number of rotatable bonds is 3. The Bertz CT molecular complexity index is 3240. The second kappa shape index (κ2) is 11.4. The van der Waals surface area contributed by atoms with Gasteiger partial charge in [0, 0.05) is 63.7 Å². The van der Waals surface area contributed by atoms with E-state index in [1.807, 2.05) is 24.3 Å². The lowest BCUT2D eigenvalue weighted by molar-refractivity contribution is 0.627. The largest absolute Gasteiger partial charge is 0.351 e. The molecule has 264 valence electrons. The predicted octanol–water partition coefficient (Wildman–Crippen LogP) is 10.8. The monoisotopic (exact) mass is 724 g/mol. The molecule has 0 radical (unpaired) electrons. The molecule has 12 rings (SSSR count). The van der Waals surface area contributed by atoms with Gasteiger partial charge in [0.05, 0.1) is 16.7 Å². The molecule has 0 saturated heterocycles. The van der Waals surface area contributed by atoms with Crippen LogP contribution in [0, 0.1) is 11.6 Å². The first kappa shape index (κ1) is 31.3. The van der Waals surface area contributed by atoms with Crippen molar-refractivity contribution in [1.29, 1.82) is 0 Å². The van der Waals surface area contributed by atoms with E-state index in [1.165, 1.54) is 39.1 Å². The van der Waals surface area contributed by atoms with Gasteiger partial charge in [-0.3, -0.25) is 0 Å². The van der Waals surface area contributed by atoms with Crippen LogP contribution in [0.15, 0.2) is 170 Å². The zero-order chi connectivity index (χ0) is 37.2. The Hall–Kier alpha value is -7.12. The number of aryl methyl sites for hydroxylation is 1. The Morgan fingerprint density at radius 2 is 1.11 bits per heavy atom. The fraction of sp³-hybridized carbons (Fsp3) is 0.0204. The molecule has 0 saturated carbocycles. The standard InChI is InChI=1S/C49H31BF2N4/c1-53-27-26-38-41(53)24-25-44-46(38)50-40-23-22-37-39-28-30-8-5-6-9-31(30)29-45(39)56(34-10-3-2-4-11-34)48(37)49(40)55(36-20-16-33(52)17-21-36)43-13-7-12-42(47(43)50)54(44)35-18-14-32(51)15-19-35/h2-29H,1H3. The first-order valence-corrected chi connectivity index (χ1v) is 18.9. The van der Waals surface area contributed by atoms with Crippen molar-refractivity contribution in [3.63, 3.8) is 0 Å². The number of para-hydroxylation sites is 1. The molecule has 0 spiro atoms. The molecule has 0 unspecified atom stereocenters. The summed E-state index contributed by atoms with van der Waals surface area (Å²) in [5.41, 5.74) is 13.8. The number of nitrogens with zero attached hydrogens (tertiary/aromatic N) is 4. The van der Waals surface area contributed by atoms with E-state index in [0.29, 0.717) is 0 Å². The van der Waals surface area contributed by atoms with Crippen molar-refractivity contribution < 1.29 is 8.78 Å². The van der Waals surface area contributed by atoms with Gasteiger partial charge < -0.3 is 18.9 Å². The van der Waals surface area contributed by atoms with Crippen LogP contribution in [-0.2, 0) is 7.05 Å². The van der Waals surface area contributed by atoms with Crippen molar-refractivity contribution in [3.05, 3.63) is 182 Å². The molecule has 4 nitrogen and oxygen atoms in total. The number of hydrogen-bond donors (Lipinski definition) is 0. The molecule has 0 fully saturated rings. The van der Waals surface area contributed by atoms with Gasteiger partial charge in [-0.25, -0.2) is 8.78 Å². The predicted molar refractivity (Wildman–Crippen MR) is 229 cm³/mol. The first-order chi connectivity index (χ1) is 27.5. The maximum Gasteiger partial charge on any atom is 0.253 e. The molecule has 2 aromatic heterocycles. The van der Waals surface area contributed by atoms with Gasteiger partial charge in [0.25, 0.3) is 6.71 Å². The quantitative estimate of drug-likeness (QED) is 0.169. The summed E-state index contributed by atoms with van der Waals surface area (Å²) in [5.74, 6) is -0.565. The third-order valence-electron chi connectivity index (χ3n) is 12.0. The Morgan fingerprint density at radius 3 is 1.84 bits per heavy atom. The number of fused-ring (bicyclic) bond motifs is 11. The summed E-state index contributed by atoms with van der Waals surface area (Å²) < 4.78 is 33.8. The second-order valence-corrected chi connectivity index (χ2v) is 14.9. The highest BCUT2D eigenvalue weighted by molar-refractivity contribution is 7.01. The zero-order valence-corrected chi connectivity index (χ0v) is 30.3. The molecule has 2 aliphatic heterocycles. The van der Waals surface area contributed by atoms with Gasteiger partial charge in [-0.1, -0.05) is 60.7 Å². The van der Waals surface area contributed by atoms with Crippen LogP contribution in [0.4, 0.5) is 42.9 Å². The molecular formula is C49H31BF2N4. The van der Waals surface area contributed by atoms with Gasteiger partial charge in [-0.2, -0.15) is 0 Å². The summed E-state index contributed by atoms with van der Waals surface area (Å²) in [7, 11) is 2.09.